The number of nitrogens with zero attached hydrogens (tertiary/aromatic N) is 5. The highest BCUT2D eigenvalue weighted by molar-refractivity contribution is 5.98. The van der Waals surface area contributed by atoms with Crippen molar-refractivity contribution in [3.8, 4) is 17.1 Å². The smallest absolute Gasteiger partial charge is 0.400 e. The zero-order valence-corrected chi connectivity index (χ0v) is 20.5. The number of rotatable bonds is 6. The number of fused-ring (bicyclic) bond motifs is 1. The van der Waals surface area contributed by atoms with E-state index >= 15 is 0 Å². The molecule has 2 aliphatic rings. The third kappa shape index (κ3) is 4.58. The number of nitrogens with one attached hydrogen (secondary N) is 1. The van der Waals surface area contributed by atoms with Crippen LogP contribution in [0.2, 0.25) is 0 Å². The van der Waals surface area contributed by atoms with E-state index in [0.29, 0.717) is 28.5 Å². The fourth-order valence-corrected chi connectivity index (χ4v) is 4.67. The summed E-state index contributed by atoms with van der Waals surface area (Å²) in [5, 5.41) is 6.79. The van der Waals surface area contributed by atoms with Gasteiger partial charge in [0.25, 0.3) is 5.91 Å². The third-order valence-corrected chi connectivity index (χ3v) is 6.95. The molecule has 4 heterocycles. The molecule has 3 atom stereocenters. The molecule has 0 spiro atoms. The molecular formula is C24H25F4N7O3. The second-order valence-corrected chi connectivity index (χ2v) is 9.55. The van der Waals surface area contributed by atoms with Crippen molar-refractivity contribution < 1.29 is 31.9 Å². The number of aromatic nitrogens is 4. The molecule has 2 amide bonds. The van der Waals surface area contributed by atoms with Crippen molar-refractivity contribution in [1.29, 1.82) is 0 Å². The molecule has 0 radical (unpaired) electrons. The highest BCUT2D eigenvalue weighted by atomic mass is 19.4. The molecule has 0 aromatic carbocycles. The SMILES string of the molecule is COc1ncc(-c2cc(C3CC3)c3c(N)ncnn23)cc1C(=O)NC1CN(C(=O)C(C)C(F)(F)F)CC1F. The van der Waals surface area contributed by atoms with Gasteiger partial charge in [0.2, 0.25) is 11.8 Å². The van der Waals surface area contributed by atoms with Crippen LogP contribution in [0.5, 0.6) is 5.88 Å². The number of carbonyl (C=O) groups is 2. The standard InChI is InChI=1S/C24H25F4N7O3/c1-11(24(26,27)28)23(37)34-8-16(25)17(9-34)33-21(36)15-5-13(7-30-22(15)38-2)18-6-14(12-3-4-12)19-20(29)31-10-32-35(18)19/h5-7,10-12,16-17H,3-4,8-9H2,1-2H3,(H,33,36)(H2,29,31,32). The molecule has 3 aromatic heterocycles. The number of likely N-dealkylation sites (tertiary alicyclic amines) is 1. The highest BCUT2D eigenvalue weighted by Gasteiger charge is 2.46. The van der Waals surface area contributed by atoms with E-state index in [1.807, 2.05) is 6.07 Å². The molecule has 0 bridgehead atoms. The number of anilines is 1. The number of halogens is 4. The molecule has 38 heavy (non-hydrogen) atoms. The van der Waals surface area contributed by atoms with Crippen LogP contribution in [-0.4, -0.2) is 74.9 Å². The number of alkyl halides is 4. The van der Waals surface area contributed by atoms with Crippen molar-refractivity contribution in [2.24, 2.45) is 5.92 Å². The second kappa shape index (κ2) is 9.40. The summed E-state index contributed by atoms with van der Waals surface area (Å²) in [4.78, 5) is 34.5. The minimum atomic E-state index is -4.75. The maximum atomic E-state index is 14.7. The lowest BCUT2D eigenvalue weighted by atomic mass is 10.1. The van der Waals surface area contributed by atoms with Crippen molar-refractivity contribution in [1.82, 2.24) is 29.8 Å². The zero-order valence-electron chi connectivity index (χ0n) is 20.5. The Morgan fingerprint density at radius 3 is 2.61 bits per heavy atom. The molecule has 1 aliphatic heterocycles. The molecule has 2 fully saturated rings. The number of nitrogens with two attached hydrogens (primary N) is 1. The first-order valence-electron chi connectivity index (χ1n) is 12.0. The minimum absolute atomic E-state index is 0.0180. The van der Waals surface area contributed by atoms with E-state index in [9.17, 15) is 27.2 Å². The Kier molecular flexibility index (Phi) is 6.35. The van der Waals surface area contributed by atoms with E-state index in [2.05, 4.69) is 20.4 Å². The second-order valence-electron chi connectivity index (χ2n) is 9.55. The van der Waals surface area contributed by atoms with E-state index in [0.717, 1.165) is 30.2 Å². The van der Waals surface area contributed by atoms with Crippen molar-refractivity contribution in [2.75, 3.05) is 25.9 Å². The number of pyridine rings is 1. The zero-order chi connectivity index (χ0) is 27.4. The number of nitrogen functional groups attached to an aromatic ring is 1. The highest BCUT2D eigenvalue weighted by Crippen LogP contribution is 2.45. The van der Waals surface area contributed by atoms with E-state index < -0.39 is 49.2 Å². The molecule has 1 saturated heterocycles. The minimum Gasteiger partial charge on any atom is -0.480 e. The van der Waals surface area contributed by atoms with Gasteiger partial charge < -0.3 is 20.7 Å². The van der Waals surface area contributed by atoms with Gasteiger partial charge in [-0.15, -0.1) is 0 Å². The van der Waals surface area contributed by atoms with E-state index in [1.165, 1.54) is 25.7 Å². The molecule has 14 heteroatoms. The number of hydrogen-bond donors (Lipinski definition) is 2. The quantitative estimate of drug-likeness (QED) is 0.465. The van der Waals surface area contributed by atoms with Gasteiger partial charge in [-0.05, 0) is 43.4 Å². The van der Waals surface area contributed by atoms with Crippen LogP contribution >= 0.6 is 0 Å². The Morgan fingerprint density at radius 1 is 1.21 bits per heavy atom. The van der Waals surface area contributed by atoms with Gasteiger partial charge >= 0.3 is 6.18 Å². The lowest BCUT2D eigenvalue weighted by Crippen LogP contribution is -2.43. The van der Waals surface area contributed by atoms with Crippen molar-refractivity contribution in [3.63, 3.8) is 0 Å². The average Bonchev–Trinajstić information content (AvgIpc) is 3.56. The van der Waals surface area contributed by atoms with Gasteiger partial charge in [0.1, 0.15) is 29.5 Å². The molecule has 3 unspecified atom stereocenters. The van der Waals surface area contributed by atoms with Crippen LogP contribution in [-0.2, 0) is 4.79 Å². The largest absolute Gasteiger partial charge is 0.480 e. The summed E-state index contributed by atoms with van der Waals surface area (Å²) in [6.45, 7) is -0.227. The molecular weight excluding hydrogens is 510 g/mol. The summed E-state index contributed by atoms with van der Waals surface area (Å²) < 4.78 is 60.4. The summed E-state index contributed by atoms with van der Waals surface area (Å²) in [5.41, 5.74) is 8.89. The average molecular weight is 536 g/mol. The molecule has 10 nitrogen and oxygen atoms in total. The van der Waals surface area contributed by atoms with Crippen LogP contribution in [0.15, 0.2) is 24.7 Å². The number of amides is 2. The van der Waals surface area contributed by atoms with Gasteiger partial charge in [-0.1, -0.05) is 0 Å². The van der Waals surface area contributed by atoms with Crippen molar-refractivity contribution in [2.45, 2.75) is 44.1 Å². The summed E-state index contributed by atoms with van der Waals surface area (Å²) in [5.74, 6) is -3.65. The van der Waals surface area contributed by atoms with E-state index in [-0.39, 0.29) is 11.4 Å². The van der Waals surface area contributed by atoms with Gasteiger partial charge in [0.05, 0.1) is 25.4 Å². The van der Waals surface area contributed by atoms with Crippen molar-refractivity contribution in [3.05, 3.63) is 35.8 Å². The molecule has 3 N–H and O–H groups in total. The molecule has 3 aromatic rings. The summed E-state index contributed by atoms with van der Waals surface area (Å²) >= 11 is 0. The van der Waals surface area contributed by atoms with E-state index in [4.69, 9.17) is 10.5 Å². The number of carbonyl (C=O) groups excluding carboxylic acids is 2. The predicted molar refractivity (Wildman–Crippen MR) is 127 cm³/mol. The van der Waals surface area contributed by atoms with Crippen LogP contribution in [0, 0.1) is 5.92 Å². The van der Waals surface area contributed by atoms with Crippen LogP contribution < -0.4 is 15.8 Å². The Hall–Kier alpha value is -3.97. The fourth-order valence-electron chi connectivity index (χ4n) is 4.67. The van der Waals surface area contributed by atoms with Crippen LogP contribution in [0.3, 0.4) is 0 Å². The molecule has 1 aliphatic carbocycles. The van der Waals surface area contributed by atoms with Crippen molar-refractivity contribution >= 4 is 23.1 Å². The third-order valence-electron chi connectivity index (χ3n) is 6.95. The van der Waals surface area contributed by atoms with Crippen LogP contribution in [0.1, 0.15) is 41.6 Å². The summed E-state index contributed by atoms with van der Waals surface area (Å²) in [6.07, 6.45) is -1.66. The first kappa shape index (κ1) is 25.7. The Morgan fingerprint density at radius 2 is 1.95 bits per heavy atom. The lowest BCUT2D eigenvalue weighted by Gasteiger charge is -2.22. The Bertz CT molecular complexity index is 1410. The Balaban J connectivity index is 1.41. The summed E-state index contributed by atoms with van der Waals surface area (Å²) in [6, 6.07) is 2.22. The van der Waals surface area contributed by atoms with Gasteiger partial charge in [0.15, 0.2) is 5.82 Å². The fraction of sp³-hybridized carbons (Fsp3) is 0.458. The predicted octanol–water partition coefficient (Wildman–Crippen LogP) is 2.74. The first-order chi connectivity index (χ1) is 18.0. The maximum absolute atomic E-state index is 14.7. The van der Waals surface area contributed by atoms with Crippen LogP contribution in [0.4, 0.5) is 23.4 Å². The molecule has 202 valence electrons. The number of ether oxygens (including phenoxy) is 1. The van der Waals surface area contributed by atoms with Gasteiger partial charge in [-0.2, -0.15) is 18.3 Å². The Labute approximate surface area is 214 Å². The topological polar surface area (TPSA) is 128 Å². The number of hydrogen-bond acceptors (Lipinski definition) is 7. The van der Waals surface area contributed by atoms with Gasteiger partial charge in [-0.3, -0.25) is 9.59 Å². The molecule has 1 saturated carbocycles. The maximum Gasteiger partial charge on any atom is 0.400 e. The first-order valence-corrected chi connectivity index (χ1v) is 12.0. The van der Waals surface area contributed by atoms with Gasteiger partial charge in [0, 0.05) is 18.3 Å². The normalized spacial score (nSPS) is 20.5. The molecule has 5 rings (SSSR count). The van der Waals surface area contributed by atoms with Crippen LogP contribution in [0.25, 0.3) is 16.8 Å². The van der Waals surface area contributed by atoms with Gasteiger partial charge in [-0.25, -0.2) is 18.9 Å². The summed E-state index contributed by atoms with van der Waals surface area (Å²) in [7, 11) is 1.32. The monoisotopic (exact) mass is 535 g/mol. The lowest BCUT2D eigenvalue weighted by molar-refractivity contribution is -0.185. The van der Waals surface area contributed by atoms with E-state index in [1.54, 1.807) is 4.52 Å². The number of methoxy groups -OCH3 is 1.